The average molecular weight is 241 g/mol. The van der Waals surface area contributed by atoms with Gasteiger partial charge >= 0.3 is 0 Å². The van der Waals surface area contributed by atoms with Gasteiger partial charge in [-0.05, 0) is 23.8 Å². The van der Waals surface area contributed by atoms with Gasteiger partial charge in [0.25, 0.3) is 0 Å². The van der Waals surface area contributed by atoms with Crippen molar-refractivity contribution < 1.29 is 0 Å². The highest BCUT2D eigenvalue weighted by atomic mass is 35.5. The van der Waals surface area contributed by atoms with Gasteiger partial charge in [-0.25, -0.2) is 0 Å². The molecule has 4 heteroatoms. The summed E-state index contributed by atoms with van der Waals surface area (Å²) in [6, 6.07) is 7.47. The zero-order chi connectivity index (χ0) is 10.7. The minimum atomic E-state index is 0.658. The van der Waals surface area contributed by atoms with Gasteiger partial charge in [0, 0.05) is 29.0 Å². The molecule has 2 N–H and O–H groups in total. The van der Waals surface area contributed by atoms with Gasteiger partial charge in [0.2, 0.25) is 0 Å². The molecule has 1 aromatic carbocycles. The lowest BCUT2D eigenvalue weighted by Gasteiger charge is -2.06. The van der Waals surface area contributed by atoms with E-state index in [4.69, 9.17) is 23.2 Å². The number of hydrogen-bond donors (Lipinski definition) is 2. The molecule has 15 heavy (non-hydrogen) atoms. The van der Waals surface area contributed by atoms with E-state index in [1.165, 1.54) is 0 Å². The number of H-pyrrole nitrogens is 1. The first-order chi connectivity index (χ1) is 7.25. The van der Waals surface area contributed by atoms with Gasteiger partial charge in [0.1, 0.15) is 0 Å². The zero-order valence-corrected chi connectivity index (χ0v) is 9.44. The molecule has 1 heterocycles. The molecule has 0 atom stereocenters. The minimum absolute atomic E-state index is 0.658. The van der Waals surface area contributed by atoms with E-state index >= 15 is 0 Å². The van der Waals surface area contributed by atoms with Crippen LogP contribution in [0.3, 0.4) is 0 Å². The Balaban J connectivity index is 2.05. The third-order valence-electron chi connectivity index (χ3n) is 2.10. The van der Waals surface area contributed by atoms with Crippen LogP contribution in [0.25, 0.3) is 0 Å². The van der Waals surface area contributed by atoms with Gasteiger partial charge < -0.3 is 10.3 Å². The van der Waals surface area contributed by atoms with Crippen molar-refractivity contribution in [1.29, 1.82) is 0 Å². The van der Waals surface area contributed by atoms with Crippen LogP contribution < -0.4 is 5.32 Å². The van der Waals surface area contributed by atoms with E-state index in [-0.39, 0.29) is 0 Å². The van der Waals surface area contributed by atoms with Gasteiger partial charge in [-0.1, -0.05) is 29.3 Å². The summed E-state index contributed by atoms with van der Waals surface area (Å²) < 4.78 is 0. The van der Waals surface area contributed by atoms with Crippen molar-refractivity contribution in [2.75, 3.05) is 5.32 Å². The summed E-state index contributed by atoms with van der Waals surface area (Å²) >= 11 is 11.8. The second-order valence-electron chi connectivity index (χ2n) is 3.19. The van der Waals surface area contributed by atoms with Crippen molar-refractivity contribution in [2.45, 2.75) is 6.54 Å². The van der Waals surface area contributed by atoms with E-state index in [2.05, 4.69) is 10.3 Å². The quantitative estimate of drug-likeness (QED) is 0.836. The smallest absolute Gasteiger partial charge is 0.0520 e. The number of aromatic nitrogens is 1. The lowest BCUT2D eigenvalue weighted by atomic mass is 10.2. The van der Waals surface area contributed by atoms with Crippen LogP contribution in [0, 0.1) is 0 Å². The van der Waals surface area contributed by atoms with E-state index in [1.54, 1.807) is 6.07 Å². The third-order valence-corrected chi connectivity index (χ3v) is 2.68. The molecular formula is C11H10Cl2N2. The summed E-state index contributed by atoms with van der Waals surface area (Å²) in [5.41, 5.74) is 2.07. The molecule has 2 nitrogen and oxygen atoms in total. The fraction of sp³-hybridized carbons (Fsp3) is 0.0909. The Kier molecular flexibility index (Phi) is 3.19. The second kappa shape index (κ2) is 4.60. The van der Waals surface area contributed by atoms with Crippen LogP contribution in [0.2, 0.25) is 10.0 Å². The van der Waals surface area contributed by atoms with Crippen molar-refractivity contribution >= 4 is 28.9 Å². The van der Waals surface area contributed by atoms with Gasteiger partial charge in [0.05, 0.1) is 5.69 Å². The first-order valence-corrected chi connectivity index (χ1v) is 5.32. The Morgan fingerprint density at radius 2 is 2.07 bits per heavy atom. The zero-order valence-electron chi connectivity index (χ0n) is 7.93. The van der Waals surface area contributed by atoms with Crippen molar-refractivity contribution in [3.05, 3.63) is 52.3 Å². The number of aromatic amines is 1. The maximum Gasteiger partial charge on any atom is 0.0520 e. The Bertz CT molecular complexity index is 438. The summed E-state index contributed by atoms with van der Waals surface area (Å²) in [4.78, 5) is 2.97. The van der Waals surface area contributed by atoms with Crippen LogP contribution in [0.1, 0.15) is 5.56 Å². The number of rotatable bonds is 3. The summed E-state index contributed by atoms with van der Waals surface area (Å²) in [5, 5.41) is 4.59. The summed E-state index contributed by atoms with van der Waals surface area (Å²) in [5.74, 6) is 0. The number of hydrogen-bond acceptors (Lipinski definition) is 1. The fourth-order valence-electron chi connectivity index (χ4n) is 1.30. The van der Waals surface area contributed by atoms with Crippen molar-refractivity contribution in [3.8, 4) is 0 Å². The van der Waals surface area contributed by atoms with E-state index in [0.717, 1.165) is 11.3 Å². The maximum absolute atomic E-state index is 6.04. The Morgan fingerprint density at radius 3 is 2.73 bits per heavy atom. The van der Waals surface area contributed by atoms with Crippen LogP contribution in [0.4, 0.5) is 5.69 Å². The monoisotopic (exact) mass is 240 g/mol. The molecule has 0 bridgehead atoms. The molecule has 0 spiro atoms. The Hall–Kier alpha value is -1.12. The lowest BCUT2D eigenvalue weighted by Crippen LogP contribution is -1.98. The molecule has 0 aliphatic heterocycles. The van der Waals surface area contributed by atoms with E-state index < -0.39 is 0 Å². The number of halogens is 2. The largest absolute Gasteiger partial charge is 0.380 e. The van der Waals surface area contributed by atoms with Crippen LogP contribution in [0.5, 0.6) is 0 Å². The third kappa shape index (κ3) is 2.67. The minimum Gasteiger partial charge on any atom is -0.380 e. The summed E-state index contributed by atoms with van der Waals surface area (Å²) in [7, 11) is 0. The Labute approximate surface area is 98.2 Å². The number of anilines is 1. The predicted molar refractivity (Wildman–Crippen MR) is 64.6 cm³/mol. The molecule has 0 amide bonds. The topological polar surface area (TPSA) is 27.8 Å². The predicted octanol–water partition coefficient (Wildman–Crippen LogP) is 3.93. The standard InChI is InChI=1S/C11H10Cl2N2/c12-9-2-1-8(11(13)5-9)6-15-10-3-4-14-7-10/h1-5,7,14-15H,6H2. The highest BCUT2D eigenvalue weighted by Gasteiger charge is 2.00. The molecule has 0 fully saturated rings. The molecular weight excluding hydrogens is 231 g/mol. The molecule has 78 valence electrons. The van der Waals surface area contributed by atoms with Crippen molar-refractivity contribution in [2.24, 2.45) is 0 Å². The van der Waals surface area contributed by atoms with Gasteiger partial charge in [-0.3, -0.25) is 0 Å². The Morgan fingerprint density at radius 1 is 1.20 bits per heavy atom. The van der Waals surface area contributed by atoms with E-state index in [1.807, 2.05) is 30.6 Å². The molecule has 0 aliphatic rings. The number of nitrogens with one attached hydrogen (secondary N) is 2. The van der Waals surface area contributed by atoms with Crippen LogP contribution in [-0.2, 0) is 6.54 Å². The SMILES string of the molecule is Clc1ccc(CNc2cc[nH]c2)c(Cl)c1. The molecule has 1 aromatic heterocycles. The summed E-state index contributed by atoms with van der Waals surface area (Å²) in [6.07, 6.45) is 3.76. The second-order valence-corrected chi connectivity index (χ2v) is 4.03. The molecule has 2 aromatic rings. The van der Waals surface area contributed by atoms with Crippen LogP contribution >= 0.6 is 23.2 Å². The normalized spacial score (nSPS) is 10.3. The van der Waals surface area contributed by atoms with Crippen molar-refractivity contribution in [1.82, 2.24) is 4.98 Å². The molecule has 0 radical (unpaired) electrons. The first-order valence-electron chi connectivity index (χ1n) is 4.56. The summed E-state index contributed by atoms with van der Waals surface area (Å²) in [6.45, 7) is 0.688. The van der Waals surface area contributed by atoms with Crippen LogP contribution in [0.15, 0.2) is 36.7 Å². The van der Waals surface area contributed by atoms with E-state index in [9.17, 15) is 0 Å². The van der Waals surface area contributed by atoms with Gasteiger partial charge in [-0.2, -0.15) is 0 Å². The highest BCUT2D eigenvalue weighted by Crippen LogP contribution is 2.21. The highest BCUT2D eigenvalue weighted by molar-refractivity contribution is 6.35. The van der Waals surface area contributed by atoms with E-state index in [0.29, 0.717) is 16.6 Å². The van der Waals surface area contributed by atoms with Gasteiger partial charge in [-0.15, -0.1) is 0 Å². The molecule has 0 unspecified atom stereocenters. The van der Waals surface area contributed by atoms with Crippen LogP contribution in [-0.4, -0.2) is 4.98 Å². The molecule has 0 saturated carbocycles. The fourth-order valence-corrected chi connectivity index (χ4v) is 1.77. The molecule has 0 aliphatic carbocycles. The maximum atomic E-state index is 6.04. The van der Waals surface area contributed by atoms with Crippen molar-refractivity contribution in [3.63, 3.8) is 0 Å². The first kappa shape index (κ1) is 10.4. The average Bonchev–Trinajstić information content (AvgIpc) is 2.69. The van der Waals surface area contributed by atoms with Gasteiger partial charge in [0.15, 0.2) is 0 Å². The molecule has 2 rings (SSSR count). The molecule has 0 saturated heterocycles. The lowest BCUT2D eigenvalue weighted by molar-refractivity contribution is 1.15. The number of benzene rings is 1.